The first-order chi connectivity index (χ1) is 11.2. The standard InChI is InChI=1S/C15H16O9/c1-2-8(5-7-3-4-9(16)10(17)6-7)15(23)24-12(14(21)22)11(18)13(19)20/h3-6,11-12,16-18H,2H2,1H3,(H,19,20)(H,21,22)/b8-5+/t11-,12-/m1/s1. The molecule has 9 heteroatoms. The van der Waals surface area contributed by atoms with Crippen molar-refractivity contribution in [3.8, 4) is 11.5 Å². The van der Waals surface area contributed by atoms with Gasteiger partial charge in [-0.3, -0.25) is 0 Å². The summed E-state index contributed by atoms with van der Waals surface area (Å²) in [7, 11) is 0. The SMILES string of the molecule is CC/C(=C\c1ccc(O)c(O)c1)C(=O)O[C@@H](C(=O)O)[C@@H](O)C(=O)O. The Labute approximate surface area is 136 Å². The fourth-order valence-corrected chi connectivity index (χ4v) is 1.71. The number of aliphatic hydroxyl groups is 1. The predicted molar refractivity (Wildman–Crippen MR) is 79.2 cm³/mol. The highest BCUT2D eigenvalue weighted by Gasteiger charge is 2.36. The van der Waals surface area contributed by atoms with Crippen molar-refractivity contribution in [3.63, 3.8) is 0 Å². The summed E-state index contributed by atoms with van der Waals surface area (Å²) in [4.78, 5) is 33.6. The van der Waals surface area contributed by atoms with Gasteiger partial charge < -0.3 is 30.3 Å². The molecule has 0 aliphatic rings. The number of hydrogen-bond donors (Lipinski definition) is 5. The number of esters is 1. The lowest BCUT2D eigenvalue weighted by Crippen LogP contribution is -2.43. The van der Waals surface area contributed by atoms with Crippen molar-refractivity contribution in [3.05, 3.63) is 29.3 Å². The number of carbonyl (C=O) groups is 3. The maximum absolute atomic E-state index is 12.0. The van der Waals surface area contributed by atoms with Gasteiger partial charge in [-0.2, -0.15) is 0 Å². The second-order valence-electron chi connectivity index (χ2n) is 4.72. The summed E-state index contributed by atoms with van der Waals surface area (Å²) in [6.45, 7) is 1.57. The van der Waals surface area contributed by atoms with Crippen LogP contribution in [0.25, 0.3) is 6.08 Å². The fourth-order valence-electron chi connectivity index (χ4n) is 1.71. The highest BCUT2D eigenvalue weighted by Crippen LogP contribution is 2.26. The van der Waals surface area contributed by atoms with Gasteiger partial charge >= 0.3 is 17.9 Å². The Morgan fingerprint density at radius 1 is 1.12 bits per heavy atom. The molecule has 0 spiro atoms. The average molecular weight is 340 g/mol. The minimum Gasteiger partial charge on any atom is -0.504 e. The number of hydrogen-bond acceptors (Lipinski definition) is 7. The van der Waals surface area contributed by atoms with Gasteiger partial charge in [-0.05, 0) is 30.2 Å². The first-order valence-electron chi connectivity index (χ1n) is 6.74. The molecule has 0 bridgehead atoms. The van der Waals surface area contributed by atoms with Gasteiger partial charge in [0.1, 0.15) is 0 Å². The number of ether oxygens (including phenoxy) is 1. The Kier molecular flexibility index (Phi) is 6.30. The first-order valence-corrected chi connectivity index (χ1v) is 6.74. The van der Waals surface area contributed by atoms with Gasteiger partial charge in [0.15, 0.2) is 17.6 Å². The number of aromatic hydroxyl groups is 2. The minimum absolute atomic E-state index is 0.0241. The second kappa shape index (κ2) is 7.97. The predicted octanol–water partition coefficient (Wildman–Crippen LogP) is 0.333. The number of carbonyl (C=O) groups excluding carboxylic acids is 1. The molecule has 0 unspecified atom stereocenters. The van der Waals surface area contributed by atoms with E-state index in [9.17, 15) is 29.7 Å². The van der Waals surface area contributed by atoms with E-state index in [2.05, 4.69) is 4.74 Å². The normalized spacial score (nSPS) is 13.8. The topological polar surface area (TPSA) is 162 Å². The molecule has 0 aliphatic heterocycles. The van der Waals surface area contributed by atoms with Gasteiger partial charge in [0.25, 0.3) is 0 Å². The molecule has 0 saturated carbocycles. The number of carboxylic acid groups (broad SMARTS) is 2. The van der Waals surface area contributed by atoms with E-state index in [0.717, 1.165) is 0 Å². The Hall–Kier alpha value is -3.07. The van der Waals surface area contributed by atoms with Crippen molar-refractivity contribution >= 4 is 24.0 Å². The lowest BCUT2D eigenvalue weighted by atomic mass is 10.1. The summed E-state index contributed by atoms with van der Waals surface area (Å²) in [5, 5.41) is 45.4. The molecule has 130 valence electrons. The molecule has 0 aliphatic carbocycles. The van der Waals surface area contributed by atoms with Crippen LogP contribution in [-0.2, 0) is 19.1 Å². The van der Waals surface area contributed by atoms with Crippen molar-refractivity contribution in [2.75, 3.05) is 0 Å². The molecule has 1 rings (SSSR count). The lowest BCUT2D eigenvalue weighted by molar-refractivity contribution is -0.176. The number of rotatable bonds is 7. The molecule has 2 atom stereocenters. The monoisotopic (exact) mass is 340 g/mol. The third-order valence-corrected chi connectivity index (χ3v) is 3.00. The molecule has 0 amide bonds. The average Bonchev–Trinajstić information content (AvgIpc) is 2.52. The quantitative estimate of drug-likeness (QED) is 0.267. The number of phenolic OH excluding ortho intramolecular Hbond substituents is 2. The summed E-state index contributed by atoms with van der Waals surface area (Å²) < 4.78 is 4.56. The third-order valence-electron chi connectivity index (χ3n) is 3.00. The van der Waals surface area contributed by atoms with Crippen LogP contribution >= 0.6 is 0 Å². The zero-order valence-corrected chi connectivity index (χ0v) is 12.5. The van der Waals surface area contributed by atoms with Crippen molar-refractivity contribution in [1.82, 2.24) is 0 Å². The molecule has 24 heavy (non-hydrogen) atoms. The van der Waals surface area contributed by atoms with E-state index in [4.69, 9.17) is 10.2 Å². The van der Waals surface area contributed by atoms with Crippen LogP contribution < -0.4 is 0 Å². The van der Waals surface area contributed by atoms with Gasteiger partial charge in [0, 0.05) is 5.57 Å². The van der Waals surface area contributed by atoms with Crippen LogP contribution in [0.5, 0.6) is 11.5 Å². The molecule has 1 aromatic rings. The van der Waals surface area contributed by atoms with Crippen LogP contribution in [0.2, 0.25) is 0 Å². The Balaban J connectivity index is 3.03. The molecule has 5 N–H and O–H groups in total. The van der Waals surface area contributed by atoms with E-state index < -0.39 is 35.9 Å². The third kappa shape index (κ3) is 4.71. The largest absolute Gasteiger partial charge is 0.504 e. The summed E-state index contributed by atoms with van der Waals surface area (Å²) in [6, 6.07) is 3.74. The maximum atomic E-state index is 12.0. The second-order valence-corrected chi connectivity index (χ2v) is 4.72. The zero-order valence-electron chi connectivity index (χ0n) is 12.5. The van der Waals surface area contributed by atoms with Crippen LogP contribution in [0, 0.1) is 0 Å². The van der Waals surface area contributed by atoms with Gasteiger partial charge in [0.05, 0.1) is 0 Å². The molecule has 0 heterocycles. The van der Waals surface area contributed by atoms with Crippen LogP contribution in [-0.4, -0.2) is 55.6 Å². The molecule has 0 saturated heterocycles. The van der Waals surface area contributed by atoms with E-state index >= 15 is 0 Å². The Morgan fingerprint density at radius 2 is 1.75 bits per heavy atom. The van der Waals surface area contributed by atoms with E-state index in [-0.39, 0.29) is 17.7 Å². The molecule has 9 nitrogen and oxygen atoms in total. The first kappa shape index (κ1) is 19.0. The maximum Gasteiger partial charge on any atom is 0.348 e. The van der Waals surface area contributed by atoms with Crippen LogP contribution in [0.1, 0.15) is 18.9 Å². The Bertz CT molecular complexity index is 678. The molecule has 0 aromatic heterocycles. The Morgan fingerprint density at radius 3 is 2.21 bits per heavy atom. The number of carboxylic acids is 2. The van der Waals surface area contributed by atoms with Gasteiger partial charge in [-0.25, -0.2) is 14.4 Å². The molecular weight excluding hydrogens is 324 g/mol. The summed E-state index contributed by atoms with van der Waals surface area (Å²) >= 11 is 0. The molecule has 0 fully saturated rings. The van der Waals surface area contributed by atoms with Crippen LogP contribution in [0.15, 0.2) is 23.8 Å². The fraction of sp³-hybridized carbons (Fsp3) is 0.267. The van der Waals surface area contributed by atoms with Crippen molar-refractivity contribution in [1.29, 1.82) is 0 Å². The number of benzene rings is 1. The number of aliphatic carboxylic acids is 2. The summed E-state index contributed by atoms with van der Waals surface area (Å²) in [5.74, 6) is -5.56. The van der Waals surface area contributed by atoms with E-state index in [1.54, 1.807) is 6.92 Å². The van der Waals surface area contributed by atoms with Crippen molar-refractivity contribution < 1.29 is 44.7 Å². The van der Waals surface area contributed by atoms with Crippen LogP contribution in [0.4, 0.5) is 0 Å². The molecule has 1 aromatic carbocycles. The van der Waals surface area contributed by atoms with E-state index in [1.807, 2.05) is 0 Å². The summed E-state index contributed by atoms with van der Waals surface area (Å²) in [5.41, 5.74) is 0.300. The van der Waals surface area contributed by atoms with Crippen molar-refractivity contribution in [2.45, 2.75) is 25.6 Å². The minimum atomic E-state index is -2.41. The van der Waals surface area contributed by atoms with Crippen LogP contribution in [0.3, 0.4) is 0 Å². The van der Waals surface area contributed by atoms with Crippen molar-refractivity contribution in [2.24, 2.45) is 0 Å². The van der Waals surface area contributed by atoms with Gasteiger partial charge in [-0.1, -0.05) is 13.0 Å². The summed E-state index contributed by atoms with van der Waals surface area (Å²) in [6.07, 6.45) is -3.30. The highest BCUT2D eigenvalue weighted by molar-refractivity contribution is 5.96. The molecular formula is C15H16O9. The van der Waals surface area contributed by atoms with E-state index in [0.29, 0.717) is 5.56 Å². The lowest BCUT2D eigenvalue weighted by Gasteiger charge is -2.17. The highest BCUT2D eigenvalue weighted by atomic mass is 16.6. The number of aliphatic hydroxyl groups excluding tert-OH is 1. The molecule has 0 radical (unpaired) electrons. The zero-order chi connectivity index (χ0) is 18.4. The smallest absolute Gasteiger partial charge is 0.348 e. The van der Waals surface area contributed by atoms with E-state index in [1.165, 1.54) is 24.3 Å². The number of phenols is 2. The van der Waals surface area contributed by atoms with Gasteiger partial charge in [0.2, 0.25) is 6.10 Å². The van der Waals surface area contributed by atoms with Gasteiger partial charge in [-0.15, -0.1) is 0 Å².